The van der Waals surface area contributed by atoms with Crippen LogP contribution in [0.1, 0.15) is 25.0 Å². The minimum atomic E-state index is -3.92. The Morgan fingerprint density at radius 2 is 0.903 bits per heavy atom. The van der Waals surface area contributed by atoms with Gasteiger partial charge in [-0.1, -0.05) is 195 Å². The number of benzene rings is 8. The van der Waals surface area contributed by atoms with Gasteiger partial charge in [-0.3, -0.25) is 0 Å². The number of hydrogen-bond donors (Lipinski definition) is 1. The number of para-hydroxylation sites is 3. The third kappa shape index (κ3) is 11.0. The molecule has 0 unspecified atom stereocenters. The summed E-state index contributed by atoms with van der Waals surface area (Å²) < 4.78 is 34.5. The van der Waals surface area contributed by atoms with Crippen LogP contribution in [0.25, 0.3) is 11.1 Å². The molecule has 9 heteroatoms. The first-order chi connectivity index (χ1) is 29.5. The van der Waals surface area contributed by atoms with Gasteiger partial charge in [0.2, 0.25) is 0 Å². The smallest absolute Gasteiger partial charge is 0.748 e. The molecule has 0 amide bonds. The average molecular weight is 962 g/mol. The van der Waals surface area contributed by atoms with Crippen molar-refractivity contribution in [2.24, 2.45) is 0 Å². The second-order valence-electron chi connectivity index (χ2n) is 14.8. The second kappa shape index (κ2) is 21.2. The van der Waals surface area contributed by atoms with Crippen molar-refractivity contribution in [3.05, 3.63) is 223 Å². The molecule has 9 rings (SSSR count). The van der Waals surface area contributed by atoms with Crippen LogP contribution in [0.2, 0.25) is 0 Å². The Morgan fingerprint density at radius 1 is 0.532 bits per heavy atom. The maximum absolute atomic E-state index is 9.08. The van der Waals surface area contributed by atoms with E-state index in [4.69, 9.17) is 17.7 Å². The molecule has 0 radical (unpaired) electrons. The van der Waals surface area contributed by atoms with E-state index in [-0.39, 0.29) is 25.8 Å². The number of nitrogens with one attached hydrogen (secondary N) is 1. The monoisotopic (exact) mass is 961 g/mol. The van der Waals surface area contributed by atoms with Crippen LogP contribution in [0.3, 0.4) is 0 Å². The number of fused-ring (bicyclic) bond motifs is 2. The fraction of sp³-hybridized carbons (Fsp3) is 0.0943. The number of anilines is 1. The van der Waals surface area contributed by atoms with Crippen LogP contribution in [-0.2, 0) is 36.0 Å². The third-order valence-corrected chi connectivity index (χ3v) is 15.2. The molecule has 0 aromatic heterocycles. The van der Waals surface area contributed by atoms with Crippen LogP contribution in [0.5, 0.6) is 11.5 Å². The minimum absolute atomic E-state index is 0. The molecular weight excluding hydrogens is 915 g/mol. The Kier molecular flexibility index (Phi) is 15.9. The molecule has 0 spiro atoms. The first-order valence-corrected chi connectivity index (χ1v) is 24.4. The summed E-state index contributed by atoms with van der Waals surface area (Å²) in [6, 6.07) is 76.6. The van der Waals surface area contributed by atoms with Gasteiger partial charge in [-0.15, -0.1) is 35.9 Å². The Morgan fingerprint density at radius 3 is 1.27 bits per heavy atom. The topological polar surface area (TPSA) is 78.5 Å². The van der Waals surface area contributed by atoms with Crippen LogP contribution >= 0.6 is 15.8 Å². The number of ether oxygens (including phenoxy) is 1. The maximum Gasteiger partial charge on any atom is 2.00 e. The molecule has 1 heterocycles. The van der Waals surface area contributed by atoms with E-state index in [1.807, 2.05) is 37.4 Å². The second-order valence-corrected chi connectivity index (χ2v) is 20.6. The maximum atomic E-state index is 9.08. The largest absolute Gasteiger partial charge is 2.00 e. The summed E-state index contributed by atoms with van der Waals surface area (Å²) in [4.78, 5) is 0. The summed E-state index contributed by atoms with van der Waals surface area (Å²) in [5.41, 5.74) is 5.71. The molecule has 8 aromatic carbocycles. The van der Waals surface area contributed by atoms with Crippen molar-refractivity contribution in [3.63, 3.8) is 0 Å². The van der Waals surface area contributed by atoms with Gasteiger partial charge in [0.05, 0.1) is 10.1 Å². The van der Waals surface area contributed by atoms with E-state index in [2.05, 4.69) is 201 Å². The van der Waals surface area contributed by atoms with Crippen molar-refractivity contribution in [1.82, 2.24) is 0 Å². The van der Waals surface area contributed by atoms with Crippen molar-refractivity contribution >= 4 is 63.5 Å². The quantitative estimate of drug-likeness (QED) is 0.0711. The van der Waals surface area contributed by atoms with Crippen LogP contribution in [0.4, 0.5) is 5.69 Å². The fourth-order valence-corrected chi connectivity index (χ4v) is 12.3. The van der Waals surface area contributed by atoms with E-state index in [0.29, 0.717) is 6.26 Å². The molecule has 0 saturated heterocycles. The first-order valence-electron chi connectivity index (χ1n) is 19.9. The minimum Gasteiger partial charge on any atom is -0.748 e. The van der Waals surface area contributed by atoms with E-state index >= 15 is 0 Å². The van der Waals surface area contributed by atoms with Gasteiger partial charge < -0.3 is 14.6 Å². The molecule has 0 saturated carbocycles. The first kappa shape index (κ1) is 46.3. The number of hydrogen-bond acceptors (Lipinski definition) is 5. The van der Waals surface area contributed by atoms with Crippen LogP contribution in [0.15, 0.2) is 206 Å². The van der Waals surface area contributed by atoms with Crippen molar-refractivity contribution in [2.75, 3.05) is 18.6 Å². The molecule has 1 aliphatic heterocycles. The van der Waals surface area contributed by atoms with E-state index in [1.54, 1.807) is 0 Å². The SMILES string of the molecule is CC1(C)c2cccc(P(c3ccccc3)c3ccccc3)c2Oc2c(P(c3ccccc3)c3ccccc3)cccc21.CNc1ccccc1-c1[c-]cccc1.CS(=O)(=O)[O-].[Pd+2]. The van der Waals surface area contributed by atoms with Gasteiger partial charge in [-0.05, 0) is 48.8 Å². The standard InChI is InChI=1S/C39H32OP2.C13H12N.CH4O3S.Pd/c1-39(2)33-25-15-27-35(41(29-17-7-3-8-18-29)30-19-9-4-10-20-30)37(33)40-38-34(39)26-16-28-36(38)42(31-21-11-5-12-22-31)32-23-13-6-14-24-32;1-14-13-10-6-5-9-12(13)11-7-3-2-4-8-11;1-5(2,3)4;/h3-28H,1-2H3;2-7,9-10,14H,1H3;1H3,(H,2,3,4);/q;-1;;+2/p-1. The van der Waals surface area contributed by atoms with Crippen LogP contribution in [-0.4, -0.2) is 26.3 Å². The summed E-state index contributed by atoms with van der Waals surface area (Å²) in [6.07, 6.45) is 0.604. The molecule has 0 atom stereocenters. The van der Waals surface area contributed by atoms with Crippen molar-refractivity contribution in [3.8, 4) is 22.6 Å². The predicted octanol–water partition coefficient (Wildman–Crippen LogP) is 9.99. The summed E-state index contributed by atoms with van der Waals surface area (Å²) in [5.74, 6) is 2.02. The Bertz CT molecular complexity index is 2560. The van der Waals surface area contributed by atoms with E-state index < -0.39 is 26.0 Å². The zero-order valence-electron chi connectivity index (χ0n) is 34.9. The molecule has 0 aliphatic carbocycles. The molecular formula is C53H47NO4P2PdS. The van der Waals surface area contributed by atoms with Crippen molar-refractivity contribution < 1.29 is 38.1 Å². The molecule has 5 nitrogen and oxygen atoms in total. The van der Waals surface area contributed by atoms with Crippen molar-refractivity contribution in [2.45, 2.75) is 19.3 Å². The van der Waals surface area contributed by atoms with E-state index in [9.17, 15) is 0 Å². The van der Waals surface area contributed by atoms with Crippen LogP contribution in [0, 0.1) is 6.07 Å². The van der Waals surface area contributed by atoms with Gasteiger partial charge in [0, 0.05) is 40.5 Å². The average Bonchev–Trinajstić information content (AvgIpc) is 3.28. The van der Waals surface area contributed by atoms with Gasteiger partial charge in [-0.25, -0.2) is 8.42 Å². The fourth-order valence-electron chi connectivity index (χ4n) is 7.51. The summed E-state index contributed by atoms with van der Waals surface area (Å²) in [7, 11) is -3.63. The summed E-state index contributed by atoms with van der Waals surface area (Å²) in [5, 5.41) is 11.0. The Balaban J connectivity index is 0.000000266. The van der Waals surface area contributed by atoms with Crippen molar-refractivity contribution in [1.29, 1.82) is 0 Å². The molecule has 8 aromatic rings. The van der Waals surface area contributed by atoms with Gasteiger partial charge in [0.25, 0.3) is 0 Å². The molecule has 62 heavy (non-hydrogen) atoms. The van der Waals surface area contributed by atoms with Gasteiger partial charge in [0.1, 0.15) is 11.5 Å². The summed E-state index contributed by atoms with van der Waals surface area (Å²) in [6.45, 7) is 4.70. The zero-order chi connectivity index (χ0) is 42.8. The Hall–Kier alpha value is -5.21. The third-order valence-electron chi connectivity index (χ3n) is 10.3. The predicted molar refractivity (Wildman–Crippen MR) is 258 cm³/mol. The summed E-state index contributed by atoms with van der Waals surface area (Å²) >= 11 is 0. The Labute approximate surface area is 383 Å². The van der Waals surface area contributed by atoms with Gasteiger partial charge in [0.15, 0.2) is 0 Å². The normalized spacial score (nSPS) is 12.2. The van der Waals surface area contributed by atoms with Crippen LogP contribution < -0.4 is 41.9 Å². The zero-order valence-corrected chi connectivity index (χ0v) is 39.0. The molecule has 1 aliphatic rings. The molecule has 1 N–H and O–H groups in total. The number of rotatable bonds is 8. The van der Waals surface area contributed by atoms with Gasteiger partial charge in [-0.2, -0.15) is 0 Å². The van der Waals surface area contributed by atoms with E-state index in [0.717, 1.165) is 22.7 Å². The van der Waals surface area contributed by atoms with Gasteiger partial charge >= 0.3 is 20.4 Å². The van der Waals surface area contributed by atoms with E-state index in [1.165, 1.54) is 48.5 Å². The molecule has 314 valence electrons. The molecule has 0 bridgehead atoms. The molecule has 0 fully saturated rings.